The summed E-state index contributed by atoms with van der Waals surface area (Å²) in [7, 11) is 0. The quantitative estimate of drug-likeness (QED) is 0.774. The Morgan fingerprint density at radius 1 is 1.39 bits per heavy atom. The zero-order chi connectivity index (χ0) is 12.8. The van der Waals surface area contributed by atoms with E-state index in [2.05, 4.69) is 10.8 Å². The van der Waals surface area contributed by atoms with E-state index in [-0.39, 0.29) is 17.9 Å². The summed E-state index contributed by atoms with van der Waals surface area (Å²) in [6.07, 6.45) is 1.84. The van der Waals surface area contributed by atoms with Crippen LogP contribution >= 0.6 is 0 Å². The third-order valence-electron chi connectivity index (χ3n) is 3.24. The second kappa shape index (κ2) is 6.64. The maximum atomic E-state index is 11.2. The van der Waals surface area contributed by atoms with E-state index in [1.165, 1.54) is 0 Å². The summed E-state index contributed by atoms with van der Waals surface area (Å²) in [4.78, 5) is 16.7. The van der Waals surface area contributed by atoms with Gasteiger partial charge in [0.15, 0.2) is 0 Å². The first-order chi connectivity index (χ1) is 8.75. The van der Waals surface area contributed by atoms with Crippen LogP contribution in [0.2, 0.25) is 0 Å². The molecule has 0 bridgehead atoms. The molecule has 0 unspecified atom stereocenters. The topological polar surface area (TPSA) is 50.4 Å². The molecule has 0 aliphatic carbocycles. The van der Waals surface area contributed by atoms with Crippen LogP contribution in [0.1, 0.15) is 25.3 Å². The first kappa shape index (κ1) is 13.2. The Labute approximate surface area is 108 Å². The van der Waals surface area contributed by atoms with Crippen LogP contribution in [0.15, 0.2) is 30.3 Å². The fourth-order valence-corrected chi connectivity index (χ4v) is 2.12. The molecule has 2 N–H and O–H groups in total. The number of hydrogen-bond acceptors (Lipinski definition) is 4. The Balaban J connectivity index is 1.65. The number of hydroxylamine groups is 1. The van der Waals surface area contributed by atoms with Gasteiger partial charge in [-0.3, -0.25) is 9.63 Å². The van der Waals surface area contributed by atoms with Crippen molar-refractivity contribution >= 4 is 5.78 Å². The Hall–Kier alpha value is -1.23. The lowest BCUT2D eigenvalue weighted by Crippen LogP contribution is -2.50. The first-order valence-electron chi connectivity index (χ1n) is 6.41. The molecule has 1 aliphatic heterocycles. The standard InChI is InChI=1S/C14H20N2O2/c1-11(17)14-8-7-13(9-15-14)16-18-10-12-5-3-2-4-6-12/h2-6,13-16H,7-10H2,1H3/t13-,14-/m0/s1. The zero-order valence-electron chi connectivity index (χ0n) is 10.7. The van der Waals surface area contributed by atoms with Crippen molar-refractivity contribution in [2.75, 3.05) is 6.54 Å². The lowest BCUT2D eigenvalue weighted by Gasteiger charge is -2.28. The summed E-state index contributed by atoms with van der Waals surface area (Å²) >= 11 is 0. The van der Waals surface area contributed by atoms with Gasteiger partial charge in [0.2, 0.25) is 0 Å². The highest BCUT2D eigenvalue weighted by atomic mass is 16.6. The molecular weight excluding hydrogens is 228 g/mol. The minimum Gasteiger partial charge on any atom is -0.306 e. The van der Waals surface area contributed by atoms with Crippen LogP contribution in [0.3, 0.4) is 0 Å². The van der Waals surface area contributed by atoms with Crippen molar-refractivity contribution in [3.05, 3.63) is 35.9 Å². The molecule has 2 atom stereocenters. The van der Waals surface area contributed by atoms with Crippen LogP contribution in [-0.2, 0) is 16.2 Å². The van der Waals surface area contributed by atoms with Gasteiger partial charge in [-0.1, -0.05) is 30.3 Å². The summed E-state index contributed by atoms with van der Waals surface area (Å²) < 4.78 is 0. The number of piperidine rings is 1. The van der Waals surface area contributed by atoms with Gasteiger partial charge in [-0.05, 0) is 25.3 Å². The highest BCUT2D eigenvalue weighted by molar-refractivity contribution is 5.81. The molecule has 0 radical (unpaired) electrons. The zero-order valence-corrected chi connectivity index (χ0v) is 10.7. The largest absolute Gasteiger partial charge is 0.306 e. The fourth-order valence-electron chi connectivity index (χ4n) is 2.12. The first-order valence-corrected chi connectivity index (χ1v) is 6.41. The van der Waals surface area contributed by atoms with E-state index in [1.54, 1.807) is 6.92 Å². The van der Waals surface area contributed by atoms with E-state index < -0.39 is 0 Å². The minimum atomic E-state index is 0.0252. The highest BCUT2D eigenvalue weighted by Crippen LogP contribution is 2.09. The molecule has 1 saturated heterocycles. The van der Waals surface area contributed by atoms with Gasteiger partial charge < -0.3 is 5.32 Å². The summed E-state index contributed by atoms with van der Waals surface area (Å²) in [6.45, 7) is 2.98. The lowest BCUT2D eigenvalue weighted by molar-refractivity contribution is -0.119. The summed E-state index contributed by atoms with van der Waals surface area (Å²) in [5.41, 5.74) is 4.20. The normalized spacial score (nSPS) is 23.8. The molecule has 4 heteroatoms. The molecule has 1 aliphatic rings. The predicted octanol–water partition coefficient (Wildman–Crippen LogP) is 1.42. The van der Waals surface area contributed by atoms with Gasteiger partial charge >= 0.3 is 0 Å². The molecular formula is C14H20N2O2. The van der Waals surface area contributed by atoms with Crippen molar-refractivity contribution in [1.29, 1.82) is 0 Å². The van der Waals surface area contributed by atoms with E-state index in [0.717, 1.165) is 24.9 Å². The number of carbonyl (C=O) groups excluding carboxylic acids is 1. The molecule has 0 aromatic heterocycles. The molecule has 1 aromatic carbocycles. The van der Waals surface area contributed by atoms with Crippen molar-refractivity contribution in [3.63, 3.8) is 0 Å². The van der Waals surface area contributed by atoms with E-state index in [0.29, 0.717) is 6.61 Å². The molecule has 0 spiro atoms. The molecule has 98 valence electrons. The van der Waals surface area contributed by atoms with E-state index >= 15 is 0 Å². The van der Waals surface area contributed by atoms with Crippen molar-refractivity contribution in [1.82, 2.24) is 10.8 Å². The SMILES string of the molecule is CC(=O)[C@@H]1CC[C@H](NOCc2ccccc2)CN1. The van der Waals surface area contributed by atoms with Gasteiger partial charge in [0.25, 0.3) is 0 Å². The molecule has 0 saturated carbocycles. The third-order valence-corrected chi connectivity index (χ3v) is 3.24. The summed E-state index contributed by atoms with van der Waals surface area (Å²) in [5, 5.41) is 3.23. The average Bonchev–Trinajstić information content (AvgIpc) is 2.40. The van der Waals surface area contributed by atoms with Crippen LogP contribution < -0.4 is 10.8 Å². The van der Waals surface area contributed by atoms with Crippen molar-refractivity contribution in [3.8, 4) is 0 Å². The number of Topliss-reactive ketones (excluding diaryl/α,β-unsaturated/α-hetero) is 1. The molecule has 1 aromatic rings. The Morgan fingerprint density at radius 3 is 2.78 bits per heavy atom. The van der Waals surface area contributed by atoms with Gasteiger partial charge in [0, 0.05) is 12.6 Å². The second-order valence-electron chi connectivity index (χ2n) is 4.74. The highest BCUT2D eigenvalue weighted by Gasteiger charge is 2.22. The Kier molecular flexibility index (Phi) is 4.87. The lowest BCUT2D eigenvalue weighted by atomic mass is 9.99. The molecule has 4 nitrogen and oxygen atoms in total. The van der Waals surface area contributed by atoms with E-state index in [9.17, 15) is 4.79 Å². The second-order valence-corrected chi connectivity index (χ2v) is 4.74. The van der Waals surface area contributed by atoms with Crippen LogP contribution in [0.4, 0.5) is 0 Å². The molecule has 1 heterocycles. The average molecular weight is 248 g/mol. The van der Waals surface area contributed by atoms with Crippen LogP contribution in [0, 0.1) is 0 Å². The summed E-state index contributed by atoms with van der Waals surface area (Å²) in [6, 6.07) is 10.4. The van der Waals surface area contributed by atoms with E-state index in [1.807, 2.05) is 30.3 Å². The van der Waals surface area contributed by atoms with Crippen molar-refractivity contribution in [2.45, 2.75) is 38.5 Å². The molecule has 18 heavy (non-hydrogen) atoms. The molecule has 1 fully saturated rings. The smallest absolute Gasteiger partial charge is 0.146 e. The number of benzene rings is 1. The Bertz CT molecular complexity index is 373. The fraction of sp³-hybridized carbons (Fsp3) is 0.500. The van der Waals surface area contributed by atoms with Gasteiger partial charge in [-0.15, -0.1) is 0 Å². The maximum absolute atomic E-state index is 11.2. The monoisotopic (exact) mass is 248 g/mol. The minimum absolute atomic E-state index is 0.0252. The number of carbonyl (C=O) groups is 1. The van der Waals surface area contributed by atoms with Crippen LogP contribution in [-0.4, -0.2) is 24.4 Å². The third kappa shape index (κ3) is 3.91. The van der Waals surface area contributed by atoms with Gasteiger partial charge in [0.05, 0.1) is 12.6 Å². The number of hydrogen-bond donors (Lipinski definition) is 2. The van der Waals surface area contributed by atoms with Crippen LogP contribution in [0.5, 0.6) is 0 Å². The predicted molar refractivity (Wildman–Crippen MR) is 69.9 cm³/mol. The van der Waals surface area contributed by atoms with Gasteiger partial charge in [-0.25, -0.2) is 0 Å². The molecule has 0 amide bonds. The van der Waals surface area contributed by atoms with Gasteiger partial charge in [-0.2, -0.15) is 5.48 Å². The van der Waals surface area contributed by atoms with E-state index in [4.69, 9.17) is 4.84 Å². The Morgan fingerprint density at radius 2 is 2.17 bits per heavy atom. The van der Waals surface area contributed by atoms with Crippen LogP contribution in [0.25, 0.3) is 0 Å². The van der Waals surface area contributed by atoms with Crippen molar-refractivity contribution < 1.29 is 9.63 Å². The number of nitrogens with one attached hydrogen (secondary N) is 2. The maximum Gasteiger partial charge on any atom is 0.146 e. The number of ketones is 1. The summed E-state index contributed by atoms with van der Waals surface area (Å²) in [5.74, 6) is 0.221. The van der Waals surface area contributed by atoms with Crippen molar-refractivity contribution in [2.24, 2.45) is 0 Å². The molecule has 2 rings (SSSR count). The van der Waals surface area contributed by atoms with Gasteiger partial charge in [0.1, 0.15) is 5.78 Å². The number of rotatable bonds is 5.